The summed E-state index contributed by atoms with van der Waals surface area (Å²) in [5.74, 6) is -0.206. The molecular weight excluding hydrogens is 428 g/mol. The molecule has 0 unspecified atom stereocenters. The van der Waals surface area contributed by atoms with Crippen molar-refractivity contribution in [3.8, 4) is 11.5 Å². The fourth-order valence-corrected chi connectivity index (χ4v) is 3.53. The van der Waals surface area contributed by atoms with Gasteiger partial charge in [0.15, 0.2) is 0 Å². The van der Waals surface area contributed by atoms with E-state index >= 15 is 0 Å². The average molecular weight is 444 g/mol. The van der Waals surface area contributed by atoms with E-state index in [9.17, 15) is 13.6 Å². The minimum absolute atomic E-state index is 0.0841. The molecule has 1 N–H and O–H groups in total. The molecule has 0 radical (unpaired) electrons. The van der Waals surface area contributed by atoms with E-state index in [1.54, 1.807) is 24.4 Å². The predicted molar refractivity (Wildman–Crippen MR) is 112 cm³/mol. The molecule has 4 rings (SSSR count). The van der Waals surface area contributed by atoms with Crippen LogP contribution >= 0.6 is 11.6 Å². The van der Waals surface area contributed by atoms with Crippen LogP contribution in [-0.2, 0) is 13.2 Å². The molecule has 0 aliphatic heterocycles. The van der Waals surface area contributed by atoms with Gasteiger partial charge in [0, 0.05) is 22.7 Å². The maximum absolute atomic E-state index is 14.0. The van der Waals surface area contributed by atoms with Crippen LogP contribution in [0.1, 0.15) is 11.1 Å². The molecule has 3 aromatic carbocycles. The fourth-order valence-electron chi connectivity index (χ4n) is 3.31. The Morgan fingerprint density at radius 2 is 1.74 bits per heavy atom. The molecule has 1 aromatic heterocycles. The molecule has 0 atom stereocenters. The van der Waals surface area contributed by atoms with Crippen molar-refractivity contribution in [3.63, 3.8) is 0 Å². The van der Waals surface area contributed by atoms with Gasteiger partial charge in [-0.2, -0.15) is 0 Å². The summed E-state index contributed by atoms with van der Waals surface area (Å²) in [6.07, 6.45) is 0.353. The van der Waals surface area contributed by atoms with Crippen molar-refractivity contribution in [2.75, 3.05) is 0 Å². The number of fused-ring (bicyclic) bond motifs is 1. The van der Waals surface area contributed by atoms with Gasteiger partial charge >= 0.3 is 6.16 Å². The van der Waals surface area contributed by atoms with Crippen molar-refractivity contribution in [2.24, 2.45) is 0 Å². The summed E-state index contributed by atoms with van der Waals surface area (Å²) in [5.41, 5.74) is 1.89. The molecule has 0 fully saturated rings. The summed E-state index contributed by atoms with van der Waals surface area (Å²) in [6.45, 7) is 0.352. The summed E-state index contributed by atoms with van der Waals surface area (Å²) in [5, 5.41) is 9.76. The average Bonchev–Trinajstić information content (AvgIpc) is 3.12. The number of carboxylic acid groups (broad SMARTS) is 1. The van der Waals surface area contributed by atoms with Gasteiger partial charge in [-0.15, -0.1) is 0 Å². The first-order chi connectivity index (χ1) is 14.9. The van der Waals surface area contributed by atoms with Crippen molar-refractivity contribution in [1.82, 2.24) is 4.57 Å². The molecule has 0 saturated heterocycles. The number of carbonyl (C=O) groups is 1. The Morgan fingerprint density at radius 3 is 2.52 bits per heavy atom. The molecule has 0 amide bonds. The smallest absolute Gasteiger partial charge is 0.488 e. The molecular formula is C23H16ClF2NO4. The van der Waals surface area contributed by atoms with Crippen LogP contribution in [0, 0.1) is 11.6 Å². The van der Waals surface area contributed by atoms with E-state index in [2.05, 4.69) is 0 Å². The number of rotatable bonds is 6. The largest absolute Gasteiger partial charge is 0.511 e. The third kappa shape index (κ3) is 4.62. The summed E-state index contributed by atoms with van der Waals surface area (Å²) >= 11 is 6.05. The monoisotopic (exact) mass is 443 g/mol. The van der Waals surface area contributed by atoms with Crippen molar-refractivity contribution >= 4 is 28.7 Å². The number of hydrogen-bond donors (Lipinski definition) is 1. The quantitative estimate of drug-likeness (QED) is 0.282. The van der Waals surface area contributed by atoms with Gasteiger partial charge in [0.05, 0.1) is 17.1 Å². The molecule has 4 aromatic rings. The number of aromatic nitrogens is 1. The third-order valence-corrected chi connectivity index (χ3v) is 5.08. The Kier molecular flexibility index (Phi) is 5.77. The summed E-state index contributed by atoms with van der Waals surface area (Å²) in [6, 6.07) is 15.0. The second kappa shape index (κ2) is 8.65. The maximum Gasteiger partial charge on any atom is 0.511 e. The minimum Gasteiger partial charge on any atom is -0.488 e. The third-order valence-electron chi connectivity index (χ3n) is 4.73. The summed E-state index contributed by atoms with van der Waals surface area (Å²) < 4.78 is 39.7. The van der Waals surface area contributed by atoms with Gasteiger partial charge < -0.3 is 19.1 Å². The highest BCUT2D eigenvalue weighted by molar-refractivity contribution is 6.31. The van der Waals surface area contributed by atoms with Crippen LogP contribution in [0.5, 0.6) is 11.5 Å². The highest BCUT2D eigenvalue weighted by Crippen LogP contribution is 2.29. The fraction of sp³-hybridized carbons (Fsp3) is 0.0870. The van der Waals surface area contributed by atoms with E-state index in [1.807, 2.05) is 10.6 Å². The van der Waals surface area contributed by atoms with Gasteiger partial charge in [0.25, 0.3) is 0 Å². The highest BCUT2D eigenvalue weighted by atomic mass is 35.5. The SMILES string of the molecule is O=C(O)Oc1cccc2c1ccn2Cc1cc(F)ccc1OCc1ccc(F)cc1Cl. The van der Waals surface area contributed by atoms with Crippen LogP contribution in [0.25, 0.3) is 10.9 Å². The van der Waals surface area contributed by atoms with Crippen molar-refractivity contribution in [2.45, 2.75) is 13.2 Å². The zero-order chi connectivity index (χ0) is 22.0. The van der Waals surface area contributed by atoms with Crippen molar-refractivity contribution in [1.29, 1.82) is 0 Å². The van der Waals surface area contributed by atoms with E-state index in [-0.39, 0.29) is 23.9 Å². The van der Waals surface area contributed by atoms with E-state index in [0.29, 0.717) is 22.3 Å². The number of hydrogen-bond acceptors (Lipinski definition) is 3. The van der Waals surface area contributed by atoms with Crippen molar-refractivity contribution < 1.29 is 28.2 Å². The molecule has 0 bridgehead atoms. The van der Waals surface area contributed by atoms with Crippen LogP contribution < -0.4 is 9.47 Å². The van der Waals surface area contributed by atoms with Gasteiger partial charge in [-0.3, -0.25) is 0 Å². The molecule has 8 heteroatoms. The number of benzene rings is 3. The Hall–Kier alpha value is -3.58. The van der Waals surface area contributed by atoms with E-state index in [1.165, 1.54) is 36.4 Å². The number of halogens is 3. The van der Waals surface area contributed by atoms with Gasteiger partial charge in [-0.05, 0) is 48.5 Å². The predicted octanol–water partition coefficient (Wildman–Crippen LogP) is 6.26. The normalized spacial score (nSPS) is 10.9. The zero-order valence-electron chi connectivity index (χ0n) is 16.0. The molecule has 0 aliphatic carbocycles. The highest BCUT2D eigenvalue weighted by Gasteiger charge is 2.13. The van der Waals surface area contributed by atoms with Crippen LogP contribution in [0.2, 0.25) is 5.02 Å². The molecule has 31 heavy (non-hydrogen) atoms. The van der Waals surface area contributed by atoms with Gasteiger partial charge in [-0.1, -0.05) is 23.7 Å². The molecule has 5 nitrogen and oxygen atoms in total. The Balaban J connectivity index is 1.62. The second-order valence-corrected chi connectivity index (χ2v) is 7.18. The Labute approximate surface area is 181 Å². The lowest BCUT2D eigenvalue weighted by molar-refractivity contribution is 0.145. The topological polar surface area (TPSA) is 60.7 Å². The molecule has 158 valence electrons. The lowest BCUT2D eigenvalue weighted by Gasteiger charge is -2.14. The molecule has 1 heterocycles. The van der Waals surface area contributed by atoms with Gasteiger partial charge in [0.2, 0.25) is 0 Å². The van der Waals surface area contributed by atoms with E-state index in [0.717, 1.165) is 5.52 Å². The zero-order valence-corrected chi connectivity index (χ0v) is 16.8. The first-order valence-electron chi connectivity index (χ1n) is 9.24. The maximum atomic E-state index is 14.0. The van der Waals surface area contributed by atoms with Crippen LogP contribution in [0.15, 0.2) is 66.9 Å². The van der Waals surface area contributed by atoms with E-state index in [4.69, 9.17) is 26.2 Å². The van der Waals surface area contributed by atoms with Crippen LogP contribution in [-0.4, -0.2) is 15.8 Å². The molecule has 0 spiro atoms. The van der Waals surface area contributed by atoms with E-state index < -0.39 is 17.8 Å². The minimum atomic E-state index is -1.40. The first-order valence-corrected chi connectivity index (χ1v) is 9.62. The van der Waals surface area contributed by atoms with Crippen LogP contribution in [0.3, 0.4) is 0 Å². The van der Waals surface area contributed by atoms with Crippen molar-refractivity contribution in [3.05, 3.63) is 94.6 Å². The molecule has 0 saturated carbocycles. The Morgan fingerprint density at radius 1 is 0.968 bits per heavy atom. The lowest BCUT2D eigenvalue weighted by Crippen LogP contribution is -2.05. The lowest BCUT2D eigenvalue weighted by atomic mass is 10.1. The first kappa shape index (κ1) is 20.7. The Bertz CT molecular complexity index is 1270. The summed E-state index contributed by atoms with van der Waals surface area (Å²) in [7, 11) is 0. The summed E-state index contributed by atoms with van der Waals surface area (Å²) in [4.78, 5) is 10.9. The van der Waals surface area contributed by atoms with Gasteiger partial charge in [-0.25, -0.2) is 13.6 Å². The number of nitrogens with zero attached hydrogens (tertiary/aromatic N) is 1. The van der Waals surface area contributed by atoms with Gasteiger partial charge in [0.1, 0.15) is 29.7 Å². The number of ether oxygens (including phenoxy) is 2. The van der Waals surface area contributed by atoms with Crippen LogP contribution in [0.4, 0.5) is 13.6 Å². The standard InChI is InChI=1S/C23H16ClF2NO4/c24-19-11-17(26)5-4-14(19)13-30-21-7-6-16(25)10-15(21)12-27-9-8-18-20(27)2-1-3-22(18)31-23(28)29/h1-11H,12-13H2,(H,28,29). The molecule has 0 aliphatic rings. The second-order valence-electron chi connectivity index (χ2n) is 6.78.